The van der Waals surface area contributed by atoms with Gasteiger partial charge in [0.25, 0.3) is 0 Å². The van der Waals surface area contributed by atoms with Crippen LogP contribution in [0.15, 0.2) is 24.3 Å². The third-order valence-electron chi connectivity index (χ3n) is 3.51. The summed E-state index contributed by atoms with van der Waals surface area (Å²) in [7, 11) is 0. The van der Waals surface area contributed by atoms with Crippen LogP contribution in [-0.2, 0) is 4.79 Å². The van der Waals surface area contributed by atoms with Gasteiger partial charge in [0.1, 0.15) is 18.3 Å². The number of hydrogen-bond acceptors (Lipinski definition) is 3. The molecule has 0 amide bonds. The molecule has 2 aromatic rings. The van der Waals surface area contributed by atoms with Crippen molar-refractivity contribution in [2.45, 2.75) is 27.7 Å². The first-order chi connectivity index (χ1) is 9.40. The zero-order valence-corrected chi connectivity index (χ0v) is 12.3. The van der Waals surface area contributed by atoms with E-state index in [0.29, 0.717) is 11.1 Å². The number of carbonyl (C=O) groups is 1. The lowest BCUT2D eigenvalue weighted by atomic mass is 9.95. The zero-order valence-electron chi connectivity index (χ0n) is 12.3. The summed E-state index contributed by atoms with van der Waals surface area (Å²) in [5.41, 5.74) is 5.64. The Labute approximate surface area is 119 Å². The zero-order chi connectivity index (χ0) is 15.4. The normalized spacial score (nSPS) is 9.80. The van der Waals surface area contributed by atoms with Gasteiger partial charge in [-0.1, -0.05) is 0 Å². The van der Waals surface area contributed by atoms with Crippen molar-refractivity contribution in [3.05, 3.63) is 46.5 Å². The van der Waals surface area contributed by atoms with E-state index in [-0.39, 0.29) is 11.5 Å². The Kier molecular flexibility index (Phi) is 4.92. The molecule has 0 saturated carbocycles. The van der Waals surface area contributed by atoms with Gasteiger partial charge in [-0.25, -0.2) is 0 Å². The fraction of sp³-hybridized carbons (Fsp3) is 0.235. The maximum atomic E-state index is 10.0. The number of rotatable bonds is 1. The number of aromatic hydroxyl groups is 2. The molecule has 2 rings (SSSR count). The van der Waals surface area contributed by atoms with E-state index in [0.717, 1.165) is 22.3 Å². The van der Waals surface area contributed by atoms with E-state index in [9.17, 15) is 10.2 Å². The first kappa shape index (κ1) is 15.8. The van der Waals surface area contributed by atoms with Gasteiger partial charge in [0, 0.05) is 11.1 Å². The van der Waals surface area contributed by atoms with E-state index in [1.807, 2.05) is 46.6 Å². The molecule has 0 radical (unpaired) electrons. The molecular weight excluding hydrogens is 252 g/mol. The number of phenols is 2. The second-order valence-electron chi connectivity index (χ2n) is 4.91. The summed E-state index contributed by atoms with van der Waals surface area (Å²) in [4.78, 5) is 8.00. The van der Waals surface area contributed by atoms with Crippen molar-refractivity contribution in [3.63, 3.8) is 0 Å². The number of benzene rings is 2. The molecule has 0 aliphatic rings. The van der Waals surface area contributed by atoms with Crippen LogP contribution in [0.4, 0.5) is 0 Å². The van der Waals surface area contributed by atoms with Crippen LogP contribution < -0.4 is 0 Å². The molecule has 0 aliphatic heterocycles. The molecule has 0 saturated heterocycles. The van der Waals surface area contributed by atoms with Gasteiger partial charge in [-0.15, -0.1) is 0 Å². The Morgan fingerprint density at radius 1 is 0.650 bits per heavy atom. The quantitative estimate of drug-likeness (QED) is 0.829. The van der Waals surface area contributed by atoms with Gasteiger partial charge in [0.15, 0.2) is 0 Å². The van der Waals surface area contributed by atoms with Gasteiger partial charge >= 0.3 is 0 Å². The van der Waals surface area contributed by atoms with Gasteiger partial charge < -0.3 is 15.0 Å². The monoisotopic (exact) mass is 272 g/mol. The van der Waals surface area contributed by atoms with E-state index >= 15 is 0 Å². The van der Waals surface area contributed by atoms with Crippen molar-refractivity contribution in [3.8, 4) is 22.6 Å². The third-order valence-corrected chi connectivity index (χ3v) is 3.51. The molecule has 0 bridgehead atoms. The lowest BCUT2D eigenvalue weighted by Crippen LogP contribution is -1.89. The average molecular weight is 272 g/mol. The van der Waals surface area contributed by atoms with Gasteiger partial charge in [-0.2, -0.15) is 0 Å². The van der Waals surface area contributed by atoms with Crippen LogP contribution in [0.5, 0.6) is 11.5 Å². The smallest absolute Gasteiger partial charge is 0.123 e. The first-order valence-electron chi connectivity index (χ1n) is 6.30. The Morgan fingerprint density at radius 3 is 1.20 bits per heavy atom. The fourth-order valence-corrected chi connectivity index (χ4v) is 2.03. The van der Waals surface area contributed by atoms with E-state index in [4.69, 9.17) is 4.79 Å². The SMILES string of the molecule is C=O.Cc1cc(O)c(-c2cc(C)c(C)cc2O)cc1C. The Balaban J connectivity index is 0.000000956. The molecule has 0 spiro atoms. The van der Waals surface area contributed by atoms with Gasteiger partial charge in [0.2, 0.25) is 0 Å². The average Bonchev–Trinajstić information content (AvgIpc) is 2.41. The van der Waals surface area contributed by atoms with Crippen molar-refractivity contribution in [1.29, 1.82) is 0 Å². The summed E-state index contributed by atoms with van der Waals surface area (Å²) < 4.78 is 0. The van der Waals surface area contributed by atoms with Crippen LogP contribution in [0.25, 0.3) is 11.1 Å². The fourth-order valence-electron chi connectivity index (χ4n) is 2.03. The lowest BCUT2D eigenvalue weighted by Gasteiger charge is -2.12. The highest BCUT2D eigenvalue weighted by atomic mass is 16.3. The Morgan fingerprint density at radius 2 is 0.900 bits per heavy atom. The van der Waals surface area contributed by atoms with E-state index in [1.54, 1.807) is 12.1 Å². The molecule has 20 heavy (non-hydrogen) atoms. The molecule has 106 valence electrons. The second kappa shape index (κ2) is 6.24. The van der Waals surface area contributed by atoms with Gasteiger partial charge in [0.05, 0.1) is 0 Å². The molecular formula is C17H20O3. The van der Waals surface area contributed by atoms with Crippen LogP contribution in [0.2, 0.25) is 0 Å². The van der Waals surface area contributed by atoms with Crippen LogP contribution >= 0.6 is 0 Å². The van der Waals surface area contributed by atoms with E-state index in [1.165, 1.54) is 0 Å². The van der Waals surface area contributed by atoms with E-state index in [2.05, 4.69) is 0 Å². The highest BCUT2D eigenvalue weighted by Crippen LogP contribution is 2.38. The van der Waals surface area contributed by atoms with Crippen molar-refractivity contribution in [2.24, 2.45) is 0 Å². The third kappa shape index (κ3) is 2.99. The number of hydrogen-bond donors (Lipinski definition) is 2. The maximum Gasteiger partial charge on any atom is 0.123 e. The Bertz CT molecular complexity index is 575. The highest BCUT2D eigenvalue weighted by Gasteiger charge is 2.12. The largest absolute Gasteiger partial charge is 0.507 e. The number of carbonyl (C=O) groups excluding carboxylic acids is 1. The summed E-state index contributed by atoms with van der Waals surface area (Å²) in [5, 5.41) is 20.1. The van der Waals surface area contributed by atoms with Crippen LogP contribution in [0.1, 0.15) is 22.3 Å². The Hall–Kier alpha value is -2.29. The topological polar surface area (TPSA) is 57.5 Å². The molecule has 0 fully saturated rings. The molecule has 2 aromatic carbocycles. The molecule has 3 heteroatoms. The predicted octanol–water partition coefficient (Wildman–Crippen LogP) is 3.81. The molecule has 0 aromatic heterocycles. The minimum atomic E-state index is 0.205. The summed E-state index contributed by atoms with van der Waals surface area (Å²) in [6, 6.07) is 7.29. The second-order valence-corrected chi connectivity index (χ2v) is 4.91. The van der Waals surface area contributed by atoms with Crippen molar-refractivity contribution >= 4 is 6.79 Å². The molecule has 2 N–H and O–H groups in total. The van der Waals surface area contributed by atoms with Crippen LogP contribution in [0, 0.1) is 27.7 Å². The van der Waals surface area contributed by atoms with Gasteiger partial charge in [-0.05, 0) is 74.2 Å². The summed E-state index contributed by atoms with van der Waals surface area (Å²) >= 11 is 0. The number of phenolic OH excluding ortho intramolecular Hbond substituents is 2. The summed E-state index contributed by atoms with van der Waals surface area (Å²) in [6.45, 7) is 9.91. The minimum Gasteiger partial charge on any atom is -0.507 e. The molecule has 3 nitrogen and oxygen atoms in total. The first-order valence-corrected chi connectivity index (χ1v) is 6.30. The lowest BCUT2D eigenvalue weighted by molar-refractivity contribution is -0.0979. The maximum absolute atomic E-state index is 10.0. The standard InChI is InChI=1S/C16H18O2.CH2O/c1-9-5-13(15(17)7-11(9)3)14-6-10(2)12(4)8-16(14)18;1-2/h5-8,17-18H,1-4H3;1H2. The molecule has 0 heterocycles. The molecule has 0 unspecified atom stereocenters. The van der Waals surface area contributed by atoms with Crippen molar-refractivity contribution < 1.29 is 15.0 Å². The predicted molar refractivity (Wildman–Crippen MR) is 81.3 cm³/mol. The van der Waals surface area contributed by atoms with Crippen LogP contribution in [-0.4, -0.2) is 17.0 Å². The molecule has 0 atom stereocenters. The summed E-state index contributed by atoms with van der Waals surface area (Å²) in [6.07, 6.45) is 0. The van der Waals surface area contributed by atoms with E-state index < -0.39 is 0 Å². The summed E-state index contributed by atoms with van der Waals surface area (Å²) in [5.74, 6) is 0.410. The minimum absolute atomic E-state index is 0.205. The van der Waals surface area contributed by atoms with Crippen molar-refractivity contribution in [1.82, 2.24) is 0 Å². The van der Waals surface area contributed by atoms with Crippen molar-refractivity contribution in [2.75, 3.05) is 0 Å². The van der Waals surface area contributed by atoms with Gasteiger partial charge in [-0.3, -0.25) is 0 Å². The molecule has 0 aliphatic carbocycles. The van der Waals surface area contributed by atoms with Crippen LogP contribution in [0.3, 0.4) is 0 Å². The highest BCUT2D eigenvalue weighted by molar-refractivity contribution is 5.77. The number of aryl methyl sites for hydroxylation is 4.